The lowest BCUT2D eigenvalue weighted by Gasteiger charge is -2.15. The summed E-state index contributed by atoms with van der Waals surface area (Å²) in [7, 11) is 0. The first-order valence-corrected chi connectivity index (χ1v) is 5.82. The standard InChI is InChI=1S/C12H15BrN2/c1-3-5-8-11(14-4-2)12-10(13)7-6-9-15-12/h6-7,9,11,14H,4,8H2,1-2H3. The van der Waals surface area contributed by atoms with E-state index in [1.807, 2.05) is 25.3 Å². The molecule has 0 radical (unpaired) electrons. The lowest BCUT2D eigenvalue weighted by Crippen LogP contribution is -2.21. The lowest BCUT2D eigenvalue weighted by molar-refractivity contribution is 0.549. The second-order valence-corrected chi connectivity index (χ2v) is 3.97. The predicted octanol–water partition coefficient (Wildman–Crippen LogP) is 2.91. The molecule has 0 saturated heterocycles. The van der Waals surface area contributed by atoms with Gasteiger partial charge in [0.1, 0.15) is 0 Å². The van der Waals surface area contributed by atoms with Gasteiger partial charge in [-0.1, -0.05) is 6.92 Å². The van der Waals surface area contributed by atoms with E-state index in [0.717, 1.165) is 23.1 Å². The maximum absolute atomic E-state index is 4.37. The number of nitrogens with one attached hydrogen (secondary N) is 1. The van der Waals surface area contributed by atoms with Crippen molar-refractivity contribution >= 4 is 15.9 Å². The fourth-order valence-electron chi connectivity index (χ4n) is 1.37. The molecule has 0 fully saturated rings. The second kappa shape index (κ2) is 6.60. The summed E-state index contributed by atoms with van der Waals surface area (Å²) in [4.78, 5) is 4.37. The average molecular weight is 267 g/mol. The molecule has 1 aromatic heterocycles. The van der Waals surface area contributed by atoms with E-state index in [4.69, 9.17) is 0 Å². The smallest absolute Gasteiger partial charge is 0.0724 e. The highest BCUT2D eigenvalue weighted by molar-refractivity contribution is 9.10. The van der Waals surface area contributed by atoms with Gasteiger partial charge in [0.2, 0.25) is 0 Å². The summed E-state index contributed by atoms with van der Waals surface area (Å²) in [5.41, 5.74) is 1.03. The van der Waals surface area contributed by atoms with Crippen molar-refractivity contribution in [3.05, 3.63) is 28.5 Å². The van der Waals surface area contributed by atoms with Crippen LogP contribution < -0.4 is 5.32 Å². The molecule has 0 aliphatic carbocycles. The van der Waals surface area contributed by atoms with Gasteiger partial charge in [0.15, 0.2) is 0 Å². The molecule has 0 aliphatic heterocycles. The van der Waals surface area contributed by atoms with Gasteiger partial charge in [-0.25, -0.2) is 0 Å². The molecule has 3 heteroatoms. The molecule has 0 saturated carbocycles. The maximum atomic E-state index is 4.37. The fourth-order valence-corrected chi connectivity index (χ4v) is 1.90. The molecule has 1 atom stereocenters. The van der Waals surface area contributed by atoms with Crippen LogP contribution in [0.1, 0.15) is 32.0 Å². The van der Waals surface area contributed by atoms with Crippen LogP contribution >= 0.6 is 15.9 Å². The minimum absolute atomic E-state index is 0.207. The van der Waals surface area contributed by atoms with Gasteiger partial charge in [-0.15, -0.1) is 11.8 Å². The van der Waals surface area contributed by atoms with E-state index in [0.29, 0.717) is 0 Å². The number of pyridine rings is 1. The van der Waals surface area contributed by atoms with E-state index >= 15 is 0 Å². The molecule has 0 spiro atoms. The Morgan fingerprint density at radius 1 is 1.60 bits per heavy atom. The summed E-state index contributed by atoms with van der Waals surface area (Å²) in [6, 6.07) is 4.13. The molecule has 1 N–H and O–H groups in total. The van der Waals surface area contributed by atoms with E-state index < -0.39 is 0 Å². The van der Waals surface area contributed by atoms with Crippen LogP contribution in [0.4, 0.5) is 0 Å². The average Bonchev–Trinajstić information content (AvgIpc) is 2.25. The van der Waals surface area contributed by atoms with E-state index in [-0.39, 0.29) is 6.04 Å². The number of rotatable bonds is 4. The van der Waals surface area contributed by atoms with Gasteiger partial charge in [0, 0.05) is 17.1 Å². The summed E-state index contributed by atoms with van der Waals surface area (Å²) < 4.78 is 1.04. The Morgan fingerprint density at radius 3 is 3.00 bits per heavy atom. The summed E-state index contributed by atoms with van der Waals surface area (Å²) in [6.45, 7) is 4.86. The monoisotopic (exact) mass is 266 g/mol. The van der Waals surface area contributed by atoms with Gasteiger partial charge in [0.25, 0.3) is 0 Å². The Labute approximate surface area is 99.6 Å². The zero-order valence-corrected chi connectivity index (χ0v) is 10.6. The van der Waals surface area contributed by atoms with Crippen LogP contribution in [0.3, 0.4) is 0 Å². The third-order valence-electron chi connectivity index (χ3n) is 2.05. The zero-order valence-electron chi connectivity index (χ0n) is 9.05. The third kappa shape index (κ3) is 3.65. The quantitative estimate of drug-likeness (QED) is 0.848. The van der Waals surface area contributed by atoms with Crippen molar-refractivity contribution in [2.75, 3.05) is 6.54 Å². The minimum Gasteiger partial charge on any atom is -0.308 e. The Hall–Kier alpha value is -0.850. The van der Waals surface area contributed by atoms with Gasteiger partial charge < -0.3 is 5.32 Å². The van der Waals surface area contributed by atoms with Crippen molar-refractivity contribution in [1.82, 2.24) is 10.3 Å². The number of nitrogens with zero attached hydrogens (tertiary/aromatic N) is 1. The van der Waals surface area contributed by atoms with E-state index in [1.54, 1.807) is 0 Å². The minimum atomic E-state index is 0.207. The zero-order chi connectivity index (χ0) is 11.1. The first-order chi connectivity index (χ1) is 7.29. The largest absolute Gasteiger partial charge is 0.308 e. The van der Waals surface area contributed by atoms with Gasteiger partial charge in [-0.3, -0.25) is 4.98 Å². The van der Waals surface area contributed by atoms with Crippen molar-refractivity contribution in [2.24, 2.45) is 0 Å². The summed E-state index contributed by atoms with van der Waals surface area (Å²) in [6.07, 6.45) is 2.60. The van der Waals surface area contributed by atoms with Crippen LogP contribution in [-0.2, 0) is 0 Å². The topological polar surface area (TPSA) is 24.9 Å². The normalized spacial score (nSPS) is 11.7. The van der Waals surface area contributed by atoms with Crippen LogP contribution in [-0.4, -0.2) is 11.5 Å². The molecular weight excluding hydrogens is 252 g/mol. The highest BCUT2D eigenvalue weighted by Crippen LogP contribution is 2.22. The Bertz CT molecular complexity index is 365. The molecule has 1 heterocycles. The van der Waals surface area contributed by atoms with Gasteiger partial charge in [0.05, 0.1) is 11.7 Å². The SMILES string of the molecule is CC#CCC(NCC)c1ncccc1Br. The van der Waals surface area contributed by atoms with Crippen molar-refractivity contribution in [1.29, 1.82) is 0 Å². The molecule has 0 aromatic carbocycles. The molecule has 80 valence electrons. The van der Waals surface area contributed by atoms with Gasteiger partial charge in [-0.2, -0.15) is 0 Å². The molecule has 0 aliphatic rings. The summed E-state index contributed by atoms with van der Waals surface area (Å²) in [5, 5.41) is 3.38. The van der Waals surface area contributed by atoms with Crippen molar-refractivity contribution < 1.29 is 0 Å². The van der Waals surface area contributed by atoms with Gasteiger partial charge >= 0.3 is 0 Å². The van der Waals surface area contributed by atoms with E-state index in [9.17, 15) is 0 Å². The molecule has 0 bridgehead atoms. The van der Waals surface area contributed by atoms with Crippen molar-refractivity contribution in [2.45, 2.75) is 26.3 Å². The maximum Gasteiger partial charge on any atom is 0.0724 e. The molecule has 0 amide bonds. The van der Waals surface area contributed by atoms with Crippen LogP contribution in [0.5, 0.6) is 0 Å². The van der Waals surface area contributed by atoms with Crippen LogP contribution in [0.25, 0.3) is 0 Å². The molecule has 1 rings (SSSR count). The number of hydrogen-bond acceptors (Lipinski definition) is 2. The fraction of sp³-hybridized carbons (Fsp3) is 0.417. The Kier molecular flexibility index (Phi) is 5.38. The lowest BCUT2D eigenvalue weighted by atomic mass is 10.1. The summed E-state index contributed by atoms with van der Waals surface area (Å²) in [5.74, 6) is 6.00. The number of aromatic nitrogens is 1. The second-order valence-electron chi connectivity index (χ2n) is 3.11. The van der Waals surface area contributed by atoms with Crippen LogP contribution in [0.2, 0.25) is 0 Å². The van der Waals surface area contributed by atoms with Crippen LogP contribution in [0.15, 0.2) is 22.8 Å². The van der Waals surface area contributed by atoms with E-state index in [2.05, 4.69) is 45.0 Å². The highest BCUT2D eigenvalue weighted by atomic mass is 79.9. The molecular formula is C12H15BrN2. The first kappa shape index (κ1) is 12.2. The third-order valence-corrected chi connectivity index (χ3v) is 2.72. The number of halogens is 1. The Balaban J connectivity index is 2.86. The molecule has 1 unspecified atom stereocenters. The summed E-state index contributed by atoms with van der Waals surface area (Å²) >= 11 is 3.51. The van der Waals surface area contributed by atoms with E-state index in [1.165, 1.54) is 0 Å². The predicted molar refractivity (Wildman–Crippen MR) is 66.4 cm³/mol. The van der Waals surface area contributed by atoms with Crippen molar-refractivity contribution in [3.63, 3.8) is 0 Å². The Morgan fingerprint density at radius 2 is 2.40 bits per heavy atom. The van der Waals surface area contributed by atoms with Gasteiger partial charge in [-0.05, 0) is 41.5 Å². The van der Waals surface area contributed by atoms with Crippen molar-refractivity contribution in [3.8, 4) is 11.8 Å². The first-order valence-electron chi connectivity index (χ1n) is 5.03. The highest BCUT2D eigenvalue weighted by Gasteiger charge is 2.12. The molecule has 1 aromatic rings. The number of hydrogen-bond donors (Lipinski definition) is 1. The molecule has 15 heavy (non-hydrogen) atoms. The van der Waals surface area contributed by atoms with Crippen LogP contribution in [0, 0.1) is 11.8 Å². The molecule has 2 nitrogen and oxygen atoms in total.